The molecular weight excluding hydrogens is 226 g/mol. The summed E-state index contributed by atoms with van der Waals surface area (Å²) in [7, 11) is 0. The fourth-order valence-corrected chi connectivity index (χ4v) is 2.09. The number of hydrogen-bond acceptors (Lipinski definition) is 3. The number of anilines is 2. The summed E-state index contributed by atoms with van der Waals surface area (Å²) in [5.41, 5.74) is 2.81. The molecule has 0 radical (unpaired) electrons. The fourth-order valence-electron chi connectivity index (χ4n) is 2.09. The Morgan fingerprint density at radius 1 is 1.11 bits per heavy atom. The number of rotatable bonds is 2. The third-order valence-electron chi connectivity index (χ3n) is 3.01. The highest BCUT2D eigenvalue weighted by Crippen LogP contribution is 2.25. The molecule has 0 saturated carbocycles. The molecule has 1 aromatic carbocycles. The van der Waals surface area contributed by atoms with Crippen molar-refractivity contribution < 1.29 is 4.79 Å². The normalized spacial score (nSPS) is 17.6. The molecule has 0 saturated heterocycles. The van der Waals surface area contributed by atoms with E-state index in [1.165, 1.54) is 0 Å². The van der Waals surface area contributed by atoms with Gasteiger partial charge >= 0.3 is 0 Å². The van der Waals surface area contributed by atoms with Crippen LogP contribution in [-0.2, 0) is 11.2 Å². The van der Waals surface area contributed by atoms with Crippen LogP contribution in [0.5, 0.6) is 0 Å². The number of pyridine rings is 1. The van der Waals surface area contributed by atoms with Crippen molar-refractivity contribution in [2.24, 2.45) is 0 Å². The average Bonchev–Trinajstić information content (AvgIpc) is 2.41. The zero-order chi connectivity index (χ0) is 12.4. The number of nitrogens with one attached hydrogen (secondary N) is 2. The van der Waals surface area contributed by atoms with E-state index in [0.29, 0.717) is 6.42 Å². The van der Waals surface area contributed by atoms with Crippen LogP contribution in [0, 0.1) is 0 Å². The van der Waals surface area contributed by atoms with Crippen LogP contribution in [0.2, 0.25) is 0 Å². The number of amides is 1. The number of carbonyl (C=O) groups is 1. The van der Waals surface area contributed by atoms with E-state index in [2.05, 4.69) is 15.6 Å². The van der Waals surface area contributed by atoms with Crippen molar-refractivity contribution in [2.45, 2.75) is 12.5 Å². The van der Waals surface area contributed by atoms with Gasteiger partial charge in [0.2, 0.25) is 5.91 Å². The van der Waals surface area contributed by atoms with Crippen LogP contribution in [0.15, 0.2) is 48.8 Å². The predicted molar refractivity (Wildman–Crippen MR) is 70.4 cm³/mol. The van der Waals surface area contributed by atoms with Gasteiger partial charge in [-0.3, -0.25) is 9.78 Å². The van der Waals surface area contributed by atoms with Crippen molar-refractivity contribution in [3.05, 3.63) is 54.4 Å². The Labute approximate surface area is 105 Å². The third kappa shape index (κ3) is 2.05. The number of fused-ring (bicyclic) bond motifs is 1. The van der Waals surface area contributed by atoms with Crippen LogP contribution in [0.1, 0.15) is 5.56 Å². The van der Waals surface area contributed by atoms with Crippen LogP contribution in [-0.4, -0.2) is 16.9 Å². The second-order valence-electron chi connectivity index (χ2n) is 4.30. The van der Waals surface area contributed by atoms with Gasteiger partial charge in [-0.05, 0) is 11.6 Å². The Bertz CT molecular complexity index is 568. The average molecular weight is 239 g/mol. The topological polar surface area (TPSA) is 54.0 Å². The molecule has 0 spiro atoms. The minimum absolute atomic E-state index is 0.0145. The molecule has 90 valence electrons. The third-order valence-corrected chi connectivity index (χ3v) is 3.01. The molecular formula is C14H13N3O. The number of aromatic nitrogens is 1. The molecule has 4 heteroatoms. The summed E-state index contributed by atoms with van der Waals surface area (Å²) in [5.74, 6) is -0.0145. The van der Waals surface area contributed by atoms with Crippen molar-refractivity contribution in [1.29, 1.82) is 0 Å². The van der Waals surface area contributed by atoms with E-state index < -0.39 is 0 Å². The van der Waals surface area contributed by atoms with Crippen LogP contribution in [0.25, 0.3) is 0 Å². The fraction of sp³-hybridized carbons (Fsp3) is 0.143. The lowest BCUT2D eigenvalue weighted by Crippen LogP contribution is -2.40. The van der Waals surface area contributed by atoms with E-state index in [-0.39, 0.29) is 11.9 Å². The van der Waals surface area contributed by atoms with Gasteiger partial charge in [-0.2, -0.15) is 0 Å². The Morgan fingerprint density at radius 2 is 1.94 bits per heavy atom. The summed E-state index contributed by atoms with van der Waals surface area (Å²) in [6, 6.07) is 11.6. The molecule has 0 bridgehead atoms. The minimum Gasteiger partial charge on any atom is -0.372 e. The Balaban J connectivity index is 1.81. The van der Waals surface area contributed by atoms with Gasteiger partial charge in [0.25, 0.3) is 0 Å². The van der Waals surface area contributed by atoms with Gasteiger partial charge in [0.15, 0.2) is 0 Å². The monoisotopic (exact) mass is 239 g/mol. The number of hydrogen-bond donors (Lipinski definition) is 2. The molecule has 2 aromatic rings. The quantitative estimate of drug-likeness (QED) is 0.843. The molecule has 1 aromatic heterocycles. The van der Waals surface area contributed by atoms with E-state index in [4.69, 9.17) is 0 Å². The lowest BCUT2D eigenvalue weighted by atomic mass is 10.0. The van der Waals surface area contributed by atoms with Crippen molar-refractivity contribution in [1.82, 2.24) is 4.98 Å². The first-order valence-corrected chi connectivity index (χ1v) is 5.88. The summed E-state index contributed by atoms with van der Waals surface area (Å²) >= 11 is 0. The van der Waals surface area contributed by atoms with Crippen molar-refractivity contribution in [3.63, 3.8) is 0 Å². The van der Waals surface area contributed by atoms with Gasteiger partial charge < -0.3 is 10.6 Å². The molecule has 0 aliphatic carbocycles. The molecule has 2 heterocycles. The van der Waals surface area contributed by atoms with E-state index >= 15 is 0 Å². The van der Waals surface area contributed by atoms with E-state index in [0.717, 1.165) is 16.9 Å². The zero-order valence-electron chi connectivity index (χ0n) is 9.76. The first-order chi connectivity index (χ1) is 8.83. The molecule has 1 amide bonds. The van der Waals surface area contributed by atoms with Gasteiger partial charge in [0, 0.05) is 12.6 Å². The van der Waals surface area contributed by atoms with E-state index in [9.17, 15) is 4.79 Å². The summed E-state index contributed by atoms with van der Waals surface area (Å²) < 4.78 is 0. The highest BCUT2D eigenvalue weighted by Gasteiger charge is 2.25. The molecule has 1 atom stereocenters. The highest BCUT2D eigenvalue weighted by molar-refractivity contribution is 6.02. The van der Waals surface area contributed by atoms with Gasteiger partial charge in [0.05, 0.1) is 17.6 Å². The first-order valence-electron chi connectivity index (χ1n) is 5.88. The van der Waals surface area contributed by atoms with Gasteiger partial charge in [-0.1, -0.05) is 30.3 Å². The molecule has 2 N–H and O–H groups in total. The second-order valence-corrected chi connectivity index (χ2v) is 4.30. The van der Waals surface area contributed by atoms with Crippen molar-refractivity contribution in [2.75, 3.05) is 10.6 Å². The van der Waals surface area contributed by atoms with E-state index in [1.54, 1.807) is 12.4 Å². The maximum Gasteiger partial charge on any atom is 0.247 e. The van der Waals surface area contributed by atoms with Crippen LogP contribution >= 0.6 is 0 Å². The van der Waals surface area contributed by atoms with Gasteiger partial charge in [-0.25, -0.2) is 0 Å². The van der Waals surface area contributed by atoms with Crippen LogP contribution in [0.3, 0.4) is 0 Å². The second kappa shape index (κ2) is 4.49. The summed E-state index contributed by atoms with van der Waals surface area (Å²) in [4.78, 5) is 15.9. The SMILES string of the molecule is O=C1Nc2cnccc2NC1Cc1ccccc1. The van der Waals surface area contributed by atoms with E-state index in [1.807, 2.05) is 36.4 Å². The molecule has 18 heavy (non-hydrogen) atoms. The lowest BCUT2D eigenvalue weighted by Gasteiger charge is -2.26. The highest BCUT2D eigenvalue weighted by atomic mass is 16.2. The summed E-state index contributed by atoms with van der Waals surface area (Å²) in [6.45, 7) is 0. The standard InChI is InChI=1S/C14H13N3O/c18-14-12(8-10-4-2-1-3-5-10)16-11-6-7-15-9-13(11)17-14/h1-7,9,12,16H,8H2,(H,17,18). The molecule has 0 fully saturated rings. The lowest BCUT2D eigenvalue weighted by molar-refractivity contribution is -0.117. The van der Waals surface area contributed by atoms with Crippen molar-refractivity contribution in [3.8, 4) is 0 Å². The maximum atomic E-state index is 12.0. The Hall–Kier alpha value is -2.36. The van der Waals surface area contributed by atoms with Gasteiger partial charge in [-0.15, -0.1) is 0 Å². The van der Waals surface area contributed by atoms with Crippen molar-refractivity contribution >= 4 is 17.3 Å². The largest absolute Gasteiger partial charge is 0.372 e. The predicted octanol–water partition coefficient (Wildman–Crippen LogP) is 2.06. The molecule has 1 unspecified atom stereocenters. The molecule has 4 nitrogen and oxygen atoms in total. The summed E-state index contributed by atoms with van der Waals surface area (Å²) in [5, 5.41) is 6.11. The molecule has 3 rings (SSSR count). The van der Waals surface area contributed by atoms with Gasteiger partial charge in [0.1, 0.15) is 6.04 Å². The van der Waals surface area contributed by atoms with Crippen LogP contribution in [0.4, 0.5) is 11.4 Å². The Kier molecular flexibility index (Phi) is 2.68. The summed E-state index contributed by atoms with van der Waals surface area (Å²) in [6.07, 6.45) is 4.04. The number of carbonyl (C=O) groups excluding carboxylic acids is 1. The molecule has 1 aliphatic heterocycles. The maximum absolute atomic E-state index is 12.0. The number of benzene rings is 1. The smallest absolute Gasteiger partial charge is 0.247 e. The molecule has 1 aliphatic rings. The minimum atomic E-state index is -0.234. The number of nitrogens with zero attached hydrogens (tertiary/aromatic N) is 1. The Morgan fingerprint density at radius 3 is 2.78 bits per heavy atom. The zero-order valence-corrected chi connectivity index (χ0v) is 9.76. The first kappa shape index (κ1) is 10.8. The van der Waals surface area contributed by atoms with Crippen LogP contribution < -0.4 is 10.6 Å².